The number of hydrogen-bond donors (Lipinski definition) is 2. The Labute approximate surface area is 222 Å². The normalized spacial score (nSPS) is 17.9. The van der Waals surface area contributed by atoms with Gasteiger partial charge in [-0.25, -0.2) is 0 Å². The zero-order valence-electron chi connectivity index (χ0n) is 22.5. The molecule has 2 aromatic heterocycles. The fourth-order valence-corrected chi connectivity index (χ4v) is 5.16. The van der Waals surface area contributed by atoms with Gasteiger partial charge in [0.1, 0.15) is 5.75 Å². The second-order valence-electron chi connectivity index (χ2n) is 10.4. The summed E-state index contributed by atoms with van der Waals surface area (Å²) >= 11 is 0. The fraction of sp³-hybridized carbons (Fsp3) is 0.414. The van der Waals surface area contributed by atoms with Gasteiger partial charge >= 0.3 is 0 Å². The highest BCUT2D eigenvalue weighted by Gasteiger charge is 2.40. The van der Waals surface area contributed by atoms with Crippen molar-refractivity contribution in [2.24, 2.45) is 0 Å². The zero-order chi connectivity index (χ0) is 26.7. The smallest absolute Gasteiger partial charge is 0.256 e. The number of carbonyl (C=O) groups excluding carboxylic acids is 1. The van der Waals surface area contributed by atoms with Gasteiger partial charge in [0.05, 0.1) is 28.9 Å². The van der Waals surface area contributed by atoms with Gasteiger partial charge < -0.3 is 10.1 Å². The Morgan fingerprint density at radius 3 is 2.58 bits per heavy atom. The number of tetrazole rings is 1. The Kier molecular flexibility index (Phi) is 7.26. The number of H-pyrrole nitrogens is 1. The maximum absolute atomic E-state index is 13.7. The number of para-hydroxylation sites is 1. The van der Waals surface area contributed by atoms with Gasteiger partial charge in [0.2, 0.25) is 5.82 Å². The maximum Gasteiger partial charge on any atom is 0.256 e. The zero-order valence-corrected chi connectivity index (χ0v) is 22.5. The molecule has 198 valence electrons. The van der Waals surface area contributed by atoms with Crippen LogP contribution in [0.25, 0.3) is 22.0 Å². The SMILES string of the molecule is CCCCCCOc1ccc([C@]2(C)CC(c3nn(C(C)C)c4ccccc34)=C(c3nn[nH]n3)C(=O)N2)cc1. The third-order valence-corrected chi connectivity index (χ3v) is 7.16. The lowest BCUT2D eigenvalue weighted by Gasteiger charge is -2.37. The summed E-state index contributed by atoms with van der Waals surface area (Å²) in [5.41, 5.74) is 3.29. The van der Waals surface area contributed by atoms with Gasteiger partial charge in [-0.05, 0) is 61.7 Å². The molecule has 0 saturated carbocycles. The number of ether oxygens (including phenoxy) is 1. The molecule has 0 spiro atoms. The number of nitrogens with one attached hydrogen (secondary N) is 2. The summed E-state index contributed by atoms with van der Waals surface area (Å²) < 4.78 is 7.94. The second kappa shape index (κ2) is 10.8. The van der Waals surface area contributed by atoms with E-state index >= 15 is 0 Å². The first-order valence-corrected chi connectivity index (χ1v) is 13.4. The van der Waals surface area contributed by atoms with E-state index in [1.165, 1.54) is 19.3 Å². The van der Waals surface area contributed by atoms with Crippen LogP contribution in [-0.4, -0.2) is 42.9 Å². The van der Waals surface area contributed by atoms with E-state index in [9.17, 15) is 4.79 Å². The summed E-state index contributed by atoms with van der Waals surface area (Å²) in [6, 6.07) is 16.3. The number of fused-ring (bicyclic) bond motifs is 1. The molecule has 38 heavy (non-hydrogen) atoms. The first kappa shape index (κ1) is 25.6. The van der Waals surface area contributed by atoms with E-state index in [0.29, 0.717) is 18.6 Å². The van der Waals surface area contributed by atoms with E-state index in [4.69, 9.17) is 9.84 Å². The Morgan fingerprint density at radius 2 is 1.87 bits per heavy atom. The second-order valence-corrected chi connectivity index (χ2v) is 10.4. The topological polar surface area (TPSA) is 111 Å². The van der Waals surface area contributed by atoms with Crippen LogP contribution in [0.2, 0.25) is 0 Å². The van der Waals surface area contributed by atoms with Crippen LogP contribution in [0.3, 0.4) is 0 Å². The summed E-state index contributed by atoms with van der Waals surface area (Å²) in [4.78, 5) is 13.7. The molecule has 3 heterocycles. The largest absolute Gasteiger partial charge is 0.494 e. The third-order valence-electron chi connectivity index (χ3n) is 7.16. The van der Waals surface area contributed by atoms with Crippen LogP contribution >= 0.6 is 0 Å². The van der Waals surface area contributed by atoms with Crippen LogP contribution in [-0.2, 0) is 10.3 Å². The van der Waals surface area contributed by atoms with Gasteiger partial charge in [-0.2, -0.15) is 10.3 Å². The van der Waals surface area contributed by atoms with Crippen molar-refractivity contribution in [3.8, 4) is 5.75 Å². The van der Waals surface area contributed by atoms with Crippen molar-refractivity contribution in [2.45, 2.75) is 71.4 Å². The molecule has 1 atom stereocenters. The minimum atomic E-state index is -0.665. The monoisotopic (exact) mass is 513 g/mol. The fourth-order valence-electron chi connectivity index (χ4n) is 5.16. The third kappa shape index (κ3) is 4.92. The minimum absolute atomic E-state index is 0.154. The first-order valence-electron chi connectivity index (χ1n) is 13.4. The number of aromatic nitrogens is 6. The van der Waals surface area contributed by atoms with E-state index in [0.717, 1.165) is 39.9 Å². The number of benzene rings is 2. The average molecular weight is 514 g/mol. The number of unbranched alkanes of at least 4 members (excludes halogenated alkanes) is 3. The molecular formula is C29H35N7O2. The van der Waals surface area contributed by atoms with Gasteiger partial charge in [-0.3, -0.25) is 9.48 Å². The predicted octanol–water partition coefficient (Wildman–Crippen LogP) is 5.44. The number of amides is 1. The lowest BCUT2D eigenvalue weighted by molar-refractivity contribution is -0.117. The summed E-state index contributed by atoms with van der Waals surface area (Å²) in [6.45, 7) is 9.15. The standard InChI is InChI=1S/C29H35N7O2/c1-5-6-7-10-17-38-21-15-13-20(14-16-21)29(4)18-23(25(28(37)30-29)27-31-34-35-32-27)26-22-11-8-9-12-24(22)36(33-26)19(2)3/h8-9,11-16,19H,5-7,10,17-18H2,1-4H3,(H,30,37)(H,31,32,34,35)/t29-/m0/s1. The predicted molar refractivity (Wildman–Crippen MR) is 147 cm³/mol. The molecule has 5 rings (SSSR count). The Balaban J connectivity index is 1.52. The van der Waals surface area contributed by atoms with Gasteiger partial charge in [-0.15, -0.1) is 10.2 Å². The molecule has 1 aliphatic rings. The number of aromatic amines is 1. The maximum atomic E-state index is 13.7. The molecule has 0 aliphatic carbocycles. The molecule has 0 unspecified atom stereocenters. The lowest BCUT2D eigenvalue weighted by Crippen LogP contribution is -2.47. The Morgan fingerprint density at radius 1 is 1.08 bits per heavy atom. The van der Waals surface area contributed by atoms with Crippen molar-refractivity contribution in [3.63, 3.8) is 0 Å². The first-order chi connectivity index (χ1) is 18.4. The lowest BCUT2D eigenvalue weighted by atomic mass is 9.79. The van der Waals surface area contributed by atoms with Gasteiger partial charge in [0.15, 0.2) is 0 Å². The quantitative estimate of drug-likeness (QED) is 0.273. The summed E-state index contributed by atoms with van der Waals surface area (Å²) in [5, 5.41) is 23.7. The Hall–Kier alpha value is -4.01. The molecule has 2 N–H and O–H groups in total. The highest BCUT2D eigenvalue weighted by Crippen LogP contribution is 2.42. The molecule has 9 nitrogen and oxygen atoms in total. The van der Waals surface area contributed by atoms with Crippen LogP contribution in [0, 0.1) is 0 Å². The number of rotatable bonds is 10. The molecular weight excluding hydrogens is 478 g/mol. The number of nitrogens with zero attached hydrogens (tertiary/aromatic N) is 5. The molecule has 1 aliphatic heterocycles. The number of carbonyl (C=O) groups is 1. The molecule has 0 fully saturated rings. The van der Waals surface area contributed by atoms with Crippen molar-refractivity contribution >= 4 is 28.0 Å². The van der Waals surface area contributed by atoms with Crippen LogP contribution < -0.4 is 10.1 Å². The average Bonchev–Trinajstić information content (AvgIpc) is 3.57. The molecule has 0 radical (unpaired) electrons. The van der Waals surface area contributed by atoms with Crippen LogP contribution in [0.5, 0.6) is 5.75 Å². The van der Waals surface area contributed by atoms with E-state index in [1.807, 2.05) is 54.1 Å². The van der Waals surface area contributed by atoms with E-state index in [-0.39, 0.29) is 17.8 Å². The van der Waals surface area contributed by atoms with E-state index < -0.39 is 5.54 Å². The van der Waals surface area contributed by atoms with Gasteiger partial charge in [0, 0.05) is 17.8 Å². The summed E-state index contributed by atoms with van der Waals surface area (Å²) in [6.07, 6.45) is 5.17. The Bertz CT molecular complexity index is 1440. The molecule has 4 aromatic rings. The van der Waals surface area contributed by atoms with E-state index in [2.05, 4.69) is 52.8 Å². The summed E-state index contributed by atoms with van der Waals surface area (Å²) in [5.74, 6) is 0.838. The molecule has 1 amide bonds. The van der Waals surface area contributed by atoms with Crippen molar-refractivity contribution < 1.29 is 9.53 Å². The molecule has 9 heteroatoms. The molecule has 2 aromatic carbocycles. The highest BCUT2D eigenvalue weighted by molar-refractivity contribution is 6.28. The molecule has 0 saturated heterocycles. The van der Waals surface area contributed by atoms with E-state index in [1.54, 1.807) is 0 Å². The number of hydrogen-bond acceptors (Lipinski definition) is 6. The van der Waals surface area contributed by atoms with Crippen molar-refractivity contribution in [1.29, 1.82) is 0 Å². The van der Waals surface area contributed by atoms with Crippen LogP contribution in [0.4, 0.5) is 0 Å². The van der Waals surface area contributed by atoms with Crippen molar-refractivity contribution in [1.82, 2.24) is 35.7 Å². The van der Waals surface area contributed by atoms with Crippen molar-refractivity contribution in [2.75, 3.05) is 6.61 Å². The summed E-state index contributed by atoms with van der Waals surface area (Å²) in [7, 11) is 0. The molecule has 0 bridgehead atoms. The van der Waals surface area contributed by atoms with Gasteiger partial charge in [0.25, 0.3) is 5.91 Å². The highest BCUT2D eigenvalue weighted by atomic mass is 16.5. The van der Waals surface area contributed by atoms with Crippen molar-refractivity contribution in [3.05, 3.63) is 65.6 Å². The van der Waals surface area contributed by atoms with Crippen LogP contribution in [0.1, 0.15) is 82.9 Å². The van der Waals surface area contributed by atoms with Crippen LogP contribution in [0.15, 0.2) is 48.5 Å². The minimum Gasteiger partial charge on any atom is -0.494 e. The van der Waals surface area contributed by atoms with Gasteiger partial charge in [-0.1, -0.05) is 56.5 Å².